The van der Waals surface area contributed by atoms with Gasteiger partial charge in [0, 0.05) is 23.1 Å². The van der Waals surface area contributed by atoms with Gasteiger partial charge in [0.2, 0.25) is 5.91 Å². The molecule has 1 amide bonds. The normalized spacial score (nSPS) is 19.9. The molecule has 1 fully saturated rings. The Bertz CT molecular complexity index is 464. The lowest BCUT2D eigenvalue weighted by Gasteiger charge is -2.15. The van der Waals surface area contributed by atoms with E-state index in [1.165, 1.54) is 0 Å². The van der Waals surface area contributed by atoms with E-state index in [1.54, 1.807) is 4.90 Å². The summed E-state index contributed by atoms with van der Waals surface area (Å²) in [5.41, 5.74) is 1.88. The molecule has 0 saturated carbocycles. The second kappa shape index (κ2) is 4.86. The zero-order valence-electron chi connectivity index (χ0n) is 9.76. The summed E-state index contributed by atoms with van der Waals surface area (Å²) in [6.45, 7) is 2.75. The van der Waals surface area contributed by atoms with Crippen LogP contribution in [0.4, 0.5) is 5.69 Å². The Morgan fingerprint density at radius 1 is 1.53 bits per heavy atom. The summed E-state index contributed by atoms with van der Waals surface area (Å²) in [5.74, 6) is 0.133. The van der Waals surface area contributed by atoms with Crippen LogP contribution in [-0.2, 0) is 4.79 Å². The third-order valence-corrected chi connectivity index (χ3v) is 4.07. The molecule has 5 heteroatoms. The standard InChI is InChI=1S/C12H14BrClN2O/c1-7-5-8(13)11(6-9(7)14)15-10-3-4-16(2)12(10)17/h5-6,10,15H,3-4H2,1-2H3. The van der Waals surface area contributed by atoms with Crippen molar-refractivity contribution in [3.05, 3.63) is 27.2 Å². The predicted octanol–water partition coefficient (Wildman–Crippen LogP) is 3.05. The molecule has 17 heavy (non-hydrogen) atoms. The van der Waals surface area contributed by atoms with Gasteiger partial charge in [-0.15, -0.1) is 0 Å². The van der Waals surface area contributed by atoms with Crippen molar-refractivity contribution in [2.75, 3.05) is 18.9 Å². The lowest BCUT2D eigenvalue weighted by Crippen LogP contribution is -2.31. The van der Waals surface area contributed by atoms with Crippen LogP contribution in [0.5, 0.6) is 0 Å². The van der Waals surface area contributed by atoms with E-state index in [2.05, 4.69) is 21.2 Å². The molecule has 1 N–H and O–H groups in total. The van der Waals surface area contributed by atoms with Crippen molar-refractivity contribution in [2.24, 2.45) is 0 Å². The van der Waals surface area contributed by atoms with Crippen molar-refractivity contribution in [2.45, 2.75) is 19.4 Å². The molecule has 0 radical (unpaired) electrons. The summed E-state index contributed by atoms with van der Waals surface area (Å²) in [6.07, 6.45) is 0.827. The van der Waals surface area contributed by atoms with Gasteiger partial charge in [0.25, 0.3) is 0 Å². The Balaban J connectivity index is 2.19. The van der Waals surface area contributed by atoms with Gasteiger partial charge >= 0.3 is 0 Å². The van der Waals surface area contributed by atoms with Gasteiger partial charge in [-0.05, 0) is 47.0 Å². The van der Waals surface area contributed by atoms with Gasteiger partial charge in [-0.1, -0.05) is 11.6 Å². The molecule has 1 aliphatic heterocycles. The summed E-state index contributed by atoms with van der Waals surface area (Å²) in [4.78, 5) is 13.5. The Morgan fingerprint density at radius 3 is 2.82 bits per heavy atom. The molecule has 1 aliphatic rings. The topological polar surface area (TPSA) is 32.3 Å². The lowest BCUT2D eigenvalue weighted by atomic mass is 10.2. The maximum absolute atomic E-state index is 11.8. The van der Waals surface area contributed by atoms with E-state index < -0.39 is 0 Å². The molecule has 0 spiro atoms. The lowest BCUT2D eigenvalue weighted by molar-refractivity contribution is -0.127. The van der Waals surface area contributed by atoms with E-state index in [9.17, 15) is 4.79 Å². The number of likely N-dealkylation sites (tertiary alicyclic amines) is 1. The van der Waals surface area contributed by atoms with E-state index in [4.69, 9.17) is 11.6 Å². The monoisotopic (exact) mass is 316 g/mol. The molecule has 1 saturated heterocycles. The van der Waals surface area contributed by atoms with E-state index in [1.807, 2.05) is 26.1 Å². The van der Waals surface area contributed by atoms with E-state index in [-0.39, 0.29) is 11.9 Å². The van der Waals surface area contributed by atoms with Crippen molar-refractivity contribution in [1.82, 2.24) is 4.90 Å². The molecule has 0 aromatic heterocycles. The van der Waals surface area contributed by atoms with Crippen LogP contribution in [0.3, 0.4) is 0 Å². The third kappa shape index (κ3) is 2.58. The highest BCUT2D eigenvalue weighted by molar-refractivity contribution is 9.10. The van der Waals surface area contributed by atoms with Gasteiger partial charge in [-0.3, -0.25) is 4.79 Å². The summed E-state index contributed by atoms with van der Waals surface area (Å²) < 4.78 is 0.932. The van der Waals surface area contributed by atoms with Crippen molar-refractivity contribution in [1.29, 1.82) is 0 Å². The van der Waals surface area contributed by atoms with Gasteiger partial charge in [0.05, 0.1) is 5.69 Å². The highest BCUT2D eigenvalue weighted by Crippen LogP contribution is 2.30. The van der Waals surface area contributed by atoms with Gasteiger partial charge in [-0.25, -0.2) is 0 Å². The number of carbonyl (C=O) groups is 1. The number of aryl methyl sites for hydroxylation is 1. The van der Waals surface area contributed by atoms with Crippen molar-refractivity contribution in [3.8, 4) is 0 Å². The fourth-order valence-corrected chi connectivity index (χ4v) is 2.64. The minimum Gasteiger partial charge on any atom is -0.373 e. The van der Waals surface area contributed by atoms with Crippen LogP contribution in [0.25, 0.3) is 0 Å². The Labute approximate surface area is 114 Å². The average molecular weight is 318 g/mol. The van der Waals surface area contributed by atoms with Crippen molar-refractivity contribution in [3.63, 3.8) is 0 Å². The molecule has 1 heterocycles. The first-order valence-electron chi connectivity index (χ1n) is 5.46. The largest absolute Gasteiger partial charge is 0.373 e. The minimum atomic E-state index is -0.143. The number of halogens is 2. The van der Waals surface area contributed by atoms with Crippen LogP contribution >= 0.6 is 27.5 Å². The summed E-state index contributed by atoms with van der Waals surface area (Å²) >= 11 is 9.56. The molecule has 0 bridgehead atoms. The summed E-state index contributed by atoms with van der Waals surface area (Å²) in [5, 5.41) is 3.94. The SMILES string of the molecule is Cc1cc(Br)c(NC2CCN(C)C2=O)cc1Cl. The van der Waals surface area contributed by atoms with E-state index in [0.29, 0.717) is 5.02 Å². The van der Waals surface area contributed by atoms with Gasteiger partial charge in [-0.2, -0.15) is 0 Å². The molecule has 2 rings (SSSR count). The fraction of sp³-hybridized carbons (Fsp3) is 0.417. The van der Waals surface area contributed by atoms with Crippen molar-refractivity contribution >= 4 is 39.1 Å². The highest BCUT2D eigenvalue weighted by Gasteiger charge is 2.29. The first-order valence-corrected chi connectivity index (χ1v) is 6.63. The number of hydrogen-bond acceptors (Lipinski definition) is 2. The third-order valence-electron chi connectivity index (χ3n) is 3.01. The predicted molar refractivity (Wildman–Crippen MR) is 73.6 cm³/mol. The smallest absolute Gasteiger partial charge is 0.244 e. The molecule has 92 valence electrons. The molecule has 1 unspecified atom stereocenters. The maximum atomic E-state index is 11.8. The fourth-order valence-electron chi connectivity index (χ4n) is 1.90. The van der Waals surface area contributed by atoms with Crippen LogP contribution in [0.2, 0.25) is 5.02 Å². The number of hydrogen-bond donors (Lipinski definition) is 1. The number of amides is 1. The van der Waals surface area contributed by atoms with Crippen LogP contribution < -0.4 is 5.32 Å². The number of benzene rings is 1. The first-order chi connectivity index (χ1) is 7.99. The number of carbonyl (C=O) groups excluding carboxylic acids is 1. The highest BCUT2D eigenvalue weighted by atomic mass is 79.9. The second-order valence-electron chi connectivity index (χ2n) is 4.33. The van der Waals surface area contributed by atoms with Crippen LogP contribution in [-0.4, -0.2) is 30.4 Å². The summed E-state index contributed by atoms with van der Waals surface area (Å²) in [6, 6.07) is 3.66. The molecule has 1 aromatic carbocycles. The summed E-state index contributed by atoms with van der Waals surface area (Å²) in [7, 11) is 1.82. The van der Waals surface area contributed by atoms with Crippen molar-refractivity contribution < 1.29 is 4.79 Å². The Kier molecular flexibility index (Phi) is 3.64. The molecule has 3 nitrogen and oxygen atoms in total. The molecule has 0 aliphatic carbocycles. The average Bonchev–Trinajstić information content (AvgIpc) is 2.58. The maximum Gasteiger partial charge on any atom is 0.244 e. The quantitative estimate of drug-likeness (QED) is 0.909. The number of likely N-dealkylation sites (N-methyl/N-ethyl adjacent to an activating group) is 1. The van der Waals surface area contributed by atoms with Crippen LogP contribution in [0.15, 0.2) is 16.6 Å². The molecule has 1 atom stereocenters. The molecular weight excluding hydrogens is 304 g/mol. The first kappa shape index (κ1) is 12.7. The van der Waals surface area contributed by atoms with E-state index in [0.717, 1.165) is 28.7 Å². The zero-order chi connectivity index (χ0) is 12.6. The molecular formula is C12H14BrClN2O. The number of nitrogens with zero attached hydrogens (tertiary/aromatic N) is 1. The van der Waals surface area contributed by atoms with Gasteiger partial charge in [0.15, 0.2) is 0 Å². The van der Waals surface area contributed by atoms with Crippen LogP contribution in [0.1, 0.15) is 12.0 Å². The number of rotatable bonds is 2. The molecule has 1 aromatic rings. The van der Waals surface area contributed by atoms with E-state index >= 15 is 0 Å². The Morgan fingerprint density at radius 2 is 2.24 bits per heavy atom. The zero-order valence-corrected chi connectivity index (χ0v) is 12.1. The Hall–Kier alpha value is -0.740. The second-order valence-corrected chi connectivity index (χ2v) is 5.59. The van der Waals surface area contributed by atoms with Gasteiger partial charge < -0.3 is 10.2 Å². The minimum absolute atomic E-state index is 0.133. The van der Waals surface area contributed by atoms with Gasteiger partial charge in [0.1, 0.15) is 6.04 Å². The number of nitrogens with one attached hydrogen (secondary N) is 1. The van der Waals surface area contributed by atoms with Crippen LogP contribution in [0, 0.1) is 6.92 Å². The number of anilines is 1.